The Bertz CT molecular complexity index is 1120. The van der Waals surface area contributed by atoms with E-state index in [9.17, 15) is 4.79 Å². The summed E-state index contributed by atoms with van der Waals surface area (Å²) in [5, 5.41) is 17.4. The third-order valence-corrected chi connectivity index (χ3v) is 5.85. The Labute approximate surface area is 193 Å². The Morgan fingerprint density at radius 1 is 1.15 bits per heavy atom. The van der Waals surface area contributed by atoms with Gasteiger partial charge < -0.3 is 15.0 Å². The van der Waals surface area contributed by atoms with Crippen molar-refractivity contribution >= 4 is 22.7 Å². The molecule has 2 aromatic heterocycles. The molecule has 1 aliphatic heterocycles. The fraction of sp³-hybridized carbons (Fsp3) is 0.375. The molecule has 9 heteroatoms. The number of carbonyl (C=O) groups excluding carboxylic acids is 1. The number of aromatic nitrogens is 5. The third-order valence-electron chi connectivity index (χ3n) is 5.85. The van der Waals surface area contributed by atoms with Crippen LogP contribution in [-0.2, 0) is 10.3 Å². The van der Waals surface area contributed by atoms with Crippen LogP contribution in [-0.4, -0.2) is 52.2 Å². The highest BCUT2D eigenvalue weighted by atomic mass is 16.5. The number of H-pyrrole nitrogens is 1. The number of benzene rings is 1. The summed E-state index contributed by atoms with van der Waals surface area (Å²) in [6.07, 6.45) is 4.42. The molecule has 0 bridgehead atoms. The van der Waals surface area contributed by atoms with Crippen LogP contribution in [0.4, 0.5) is 5.69 Å². The number of hydrogen-bond acceptors (Lipinski definition) is 7. The minimum absolute atomic E-state index is 0.253. The zero-order valence-electron chi connectivity index (χ0n) is 19.4. The first-order valence-corrected chi connectivity index (χ1v) is 11.1. The molecular weight excluding hydrogens is 418 g/mol. The molecule has 3 aromatic rings. The Morgan fingerprint density at radius 2 is 1.94 bits per heavy atom. The van der Waals surface area contributed by atoms with Gasteiger partial charge in [-0.3, -0.25) is 9.78 Å². The van der Waals surface area contributed by atoms with Crippen molar-refractivity contribution in [2.24, 2.45) is 0 Å². The Balaban J connectivity index is 1.70. The lowest BCUT2D eigenvalue weighted by Crippen LogP contribution is -2.47. The second-order valence-electron chi connectivity index (χ2n) is 8.57. The van der Waals surface area contributed by atoms with E-state index in [4.69, 9.17) is 4.74 Å². The van der Waals surface area contributed by atoms with E-state index < -0.39 is 5.54 Å². The van der Waals surface area contributed by atoms with E-state index in [0.717, 1.165) is 35.4 Å². The summed E-state index contributed by atoms with van der Waals surface area (Å²) in [5.41, 5.74) is 3.18. The maximum atomic E-state index is 13.3. The molecule has 0 saturated heterocycles. The molecule has 0 radical (unpaired) electrons. The first kappa shape index (κ1) is 22.4. The number of ether oxygens (including phenoxy) is 1. The smallest absolute Gasteiger partial charge is 0.256 e. The van der Waals surface area contributed by atoms with Crippen LogP contribution in [0.3, 0.4) is 0 Å². The molecule has 0 saturated carbocycles. The molecule has 1 aliphatic rings. The highest BCUT2D eigenvalue weighted by Crippen LogP contribution is 2.40. The maximum Gasteiger partial charge on any atom is 0.256 e. The molecular formula is C24H29N7O2. The molecule has 0 spiro atoms. The summed E-state index contributed by atoms with van der Waals surface area (Å²) in [7, 11) is 3.92. The predicted molar refractivity (Wildman–Crippen MR) is 127 cm³/mol. The van der Waals surface area contributed by atoms with Crippen LogP contribution in [0.25, 0.3) is 11.1 Å². The fourth-order valence-corrected chi connectivity index (χ4v) is 3.92. The van der Waals surface area contributed by atoms with Crippen molar-refractivity contribution < 1.29 is 9.53 Å². The van der Waals surface area contributed by atoms with E-state index in [0.29, 0.717) is 24.3 Å². The fourth-order valence-electron chi connectivity index (χ4n) is 3.92. The highest BCUT2D eigenvalue weighted by Gasteiger charge is 2.39. The number of anilines is 1. The molecule has 2 N–H and O–H groups in total. The molecule has 9 nitrogen and oxygen atoms in total. The molecule has 0 unspecified atom stereocenters. The number of tetrazole rings is 1. The van der Waals surface area contributed by atoms with Crippen molar-refractivity contribution in [3.63, 3.8) is 0 Å². The van der Waals surface area contributed by atoms with Crippen molar-refractivity contribution in [1.29, 1.82) is 0 Å². The van der Waals surface area contributed by atoms with Gasteiger partial charge in [0.25, 0.3) is 5.91 Å². The van der Waals surface area contributed by atoms with Crippen molar-refractivity contribution in [2.45, 2.75) is 38.6 Å². The molecule has 0 aliphatic carbocycles. The van der Waals surface area contributed by atoms with Crippen molar-refractivity contribution in [3.8, 4) is 5.75 Å². The second kappa shape index (κ2) is 9.40. The molecule has 1 aromatic carbocycles. The summed E-state index contributed by atoms with van der Waals surface area (Å²) in [4.78, 5) is 20.0. The van der Waals surface area contributed by atoms with Gasteiger partial charge in [0.1, 0.15) is 5.75 Å². The Kier molecular flexibility index (Phi) is 6.39. The normalized spacial score (nSPS) is 18.2. The van der Waals surface area contributed by atoms with Crippen LogP contribution in [0.15, 0.2) is 42.6 Å². The Hall–Kier alpha value is -3.75. The van der Waals surface area contributed by atoms with E-state index in [1.54, 1.807) is 6.20 Å². The van der Waals surface area contributed by atoms with Crippen LogP contribution in [0.1, 0.15) is 50.2 Å². The van der Waals surface area contributed by atoms with E-state index in [1.807, 2.05) is 62.3 Å². The topological polar surface area (TPSA) is 109 Å². The summed E-state index contributed by atoms with van der Waals surface area (Å²) in [6, 6.07) is 11.8. The van der Waals surface area contributed by atoms with Gasteiger partial charge in [0, 0.05) is 20.5 Å². The molecule has 0 fully saturated rings. The van der Waals surface area contributed by atoms with Crippen LogP contribution >= 0.6 is 0 Å². The van der Waals surface area contributed by atoms with Gasteiger partial charge >= 0.3 is 0 Å². The van der Waals surface area contributed by atoms with E-state index in [1.165, 1.54) is 0 Å². The number of nitrogens with zero attached hydrogens (tertiary/aromatic N) is 5. The average molecular weight is 448 g/mol. The third kappa shape index (κ3) is 4.72. The largest absolute Gasteiger partial charge is 0.494 e. The minimum Gasteiger partial charge on any atom is -0.494 e. The van der Waals surface area contributed by atoms with Crippen molar-refractivity contribution in [3.05, 3.63) is 59.7 Å². The summed E-state index contributed by atoms with van der Waals surface area (Å²) in [5.74, 6) is 0.812. The van der Waals surface area contributed by atoms with Gasteiger partial charge in [0.05, 0.1) is 35.3 Å². The standard InChI is InChI=1S/C24H29N7O2/c1-5-6-13-33-18-10-7-16(8-11-18)24(2)14-19(20-12-9-17(15-25-20)31(3)4)21(23(32)26-24)22-27-29-30-28-22/h7-12,15H,5-6,13-14H2,1-4H3,(H,26,32)(H,27,28,29,30)/t24-/m0/s1. The lowest BCUT2D eigenvalue weighted by molar-refractivity contribution is -0.117. The molecule has 33 heavy (non-hydrogen) atoms. The van der Waals surface area contributed by atoms with Gasteiger partial charge in [0.15, 0.2) is 0 Å². The van der Waals surface area contributed by atoms with Gasteiger partial charge in [-0.25, -0.2) is 0 Å². The first-order valence-electron chi connectivity index (χ1n) is 11.1. The second-order valence-corrected chi connectivity index (χ2v) is 8.57. The lowest BCUT2D eigenvalue weighted by Gasteiger charge is -2.37. The van der Waals surface area contributed by atoms with Crippen molar-refractivity contribution in [1.82, 2.24) is 30.9 Å². The average Bonchev–Trinajstić information content (AvgIpc) is 3.33. The SMILES string of the molecule is CCCCOc1ccc([C@]2(C)CC(c3ccc(N(C)C)cn3)=C(c3nn[nH]n3)C(=O)N2)cc1. The lowest BCUT2D eigenvalue weighted by atomic mass is 9.79. The minimum atomic E-state index is -0.635. The van der Waals surface area contributed by atoms with Gasteiger partial charge in [-0.1, -0.05) is 25.5 Å². The van der Waals surface area contributed by atoms with Gasteiger partial charge in [0.2, 0.25) is 5.82 Å². The predicted octanol–water partition coefficient (Wildman–Crippen LogP) is 3.19. The number of aromatic amines is 1. The van der Waals surface area contributed by atoms with Crippen molar-refractivity contribution in [2.75, 3.05) is 25.6 Å². The van der Waals surface area contributed by atoms with E-state index in [-0.39, 0.29) is 11.7 Å². The number of nitrogens with one attached hydrogen (secondary N) is 2. The van der Waals surface area contributed by atoms with Crippen LogP contribution in [0, 0.1) is 0 Å². The molecule has 1 amide bonds. The monoisotopic (exact) mass is 447 g/mol. The maximum absolute atomic E-state index is 13.3. The number of unbranched alkanes of at least 4 members (excludes halogenated alkanes) is 1. The quantitative estimate of drug-likeness (QED) is 0.511. The number of rotatable bonds is 8. The number of carbonyl (C=O) groups is 1. The molecule has 4 rings (SSSR count). The number of pyridine rings is 1. The van der Waals surface area contributed by atoms with Gasteiger partial charge in [-0.15, -0.1) is 10.2 Å². The summed E-state index contributed by atoms with van der Waals surface area (Å²) in [6.45, 7) is 4.84. The summed E-state index contributed by atoms with van der Waals surface area (Å²) >= 11 is 0. The molecule has 172 valence electrons. The van der Waals surface area contributed by atoms with Crippen LogP contribution in [0.5, 0.6) is 5.75 Å². The number of hydrogen-bond donors (Lipinski definition) is 2. The molecule has 3 heterocycles. The Morgan fingerprint density at radius 3 is 2.55 bits per heavy atom. The van der Waals surface area contributed by atoms with E-state index in [2.05, 4.69) is 37.8 Å². The number of amides is 1. The molecule has 1 atom stereocenters. The summed E-state index contributed by atoms with van der Waals surface area (Å²) < 4.78 is 5.79. The van der Waals surface area contributed by atoms with E-state index >= 15 is 0 Å². The van der Waals surface area contributed by atoms with Crippen LogP contribution in [0.2, 0.25) is 0 Å². The van der Waals surface area contributed by atoms with Crippen LogP contribution < -0.4 is 15.0 Å². The zero-order chi connectivity index (χ0) is 23.4. The zero-order valence-corrected chi connectivity index (χ0v) is 19.4. The van der Waals surface area contributed by atoms with Gasteiger partial charge in [-0.2, -0.15) is 5.21 Å². The highest BCUT2D eigenvalue weighted by molar-refractivity contribution is 6.27. The first-order chi connectivity index (χ1) is 15.9. The van der Waals surface area contributed by atoms with Gasteiger partial charge in [-0.05, 0) is 54.0 Å².